The number of alkyl halides is 3. The maximum atomic E-state index is 13.8. The van der Waals surface area contributed by atoms with Crippen LogP contribution in [0.3, 0.4) is 0 Å². The average Bonchev–Trinajstić information content (AvgIpc) is 3.20. The molecule has 0 radical (unpaired) electrons. The van der Waals surface area contributed by atoms with Crippen molar-refractivity contribution in [2.45, 2.75) is 38.4 Å². The van der Waals surface area contributed by atoms with Crippen LogP contribution in [0.1, 0.15) is 42.2 Å². The van der Waals surface area contributed by atoms with Crippen molar-refractivity contribution in [3.63, 3.8) is 0 Å². The number of aromatic nitrogens is 2. The number of piperidine rings is 1. The molecule has 0 aliphatic carbocycles. The Balaban J connectivity index is 1.67. The van der Waals surface area contributed by atoms with E-state index in [2.05, 4.69) is 15.7 Å². The fourth-order valence-corrected chi connectivity index (χ4v) is 3.80. The Morgan fingerprint density at radius 2 is 1.97 bits per heavy atom. The third-order valence-electron chi connectivity index (χ3n) is 5.20. The van der Waals surface area contributed by atoms with E-state index in [-0.39, 0.29) is 29.2 Å². The minimum Gasteiger partial charge on any atom is -0.355 e. The van der Waals surface area contributed by atoms with E-state index in [9.17, 15) is 22.8 Å². The largest absolute Gasteiger partial charge is 0.434 e. The zero-order chi connectivity index (χ0) is 23.3. The maximum Gasteiger partial charge on any atom is 0.434 e. The number of rotatable bonds is 7. The number of likely N-dealkylation sites (tertiary alicyclic amines) is 1. The third-order valence-corrected chi connectivity index (χ3v) is 5.43. The smallest absolute Gasteiger partial charge is 0.355 e. The Labute approximate surface area is 188 Å². The van der Waals surface area contributed by atoms with Gasteiger partial charge in [-0.3, -0.25) is 14.5 Å². The second-order valence-electron chi connectivity index (χ2n) is 7.67. The van der Waals surface area contributed by atoms with Gasteiger partial charge in [0.15, 0.2) is 5.69 Å². The molecule has 11 heteroatoms. The summed E-state index contributed by atoms with van der Waals surface area (Å²) in [5.41, 5.74) is -1.58. The predicted molar refractivity (Wildman–Crippen MR) is 114 cm³/mol. The Morgan fingerprint density at radius 1 is 1.25 bits per heavy atom. The van der Waals surface area contributed by atoms with Crippen LogP contribution in [0.5, 0.6) is 0 Å². The van der Waals surface area contributed by atoms with Crippen molar-refractivity contribution in [1.82, 2.24) is 25.3 Å². The van der Waals surface area contributed by atoms with Crippen LogP contribution in [0.4, 0.5) is 13.2 Å². The fourth-order valence-electron chi connectivity index (χ4n) is 3.61. The molecule has 7 nitrogen and oxygen atoms in total. The van der Waals surface area contributed by atoms with E-state index in [1.165, 1.54) is 24.3 Å². The van der Waals surface area contributed by atoms with Crippen molar-refractivity contribution in [1.29, 1.82) is 0 Å². The number of hydrogen-bond acceptors (Lipinski definition) is 4. The van der Waals surface area contributed by atoms with Gasteiger partial charge in [0.1, 0.15) is 0 Å². The fraction of sp³-hybridized carbons (Fsp3) is 0.476. The van der Waals surface area contributed by atoms with Crippen LogP contribution in [-0.4, -0.2) is 58.7 Å². The normalized spacial score (nSPS) is 15.5. The van der Waals surface area contributed by atoms with Gasteiger partial charge in [0.2, 0.25) is 5.91 Å². The Morgan fingerprint density at radius 3 is 2.59 bits per heavy atom. The van der Waals surface area contributed by atoms with Crippen molar-refractivity contribution in [2.24, 2.45) is 0 Å². The highest BCUT2D eigenvalue weighted by molar-refractivity contribution is 6.30. The summed E-state index contributed by atoms with van der Waals surface area (Å²) in [6.45, 7) is 4.00. The number of amides is 2. The lowest BCUT2D eigenvalue weighted by Crippen LogP contribution is -2.47. The molecule has 0 spiro atoms. The van der Waals surface area contributed by atoms with Gasteiger partial charge in [-0.1, -0.05) is 24.6 Å². The van der Waals surface area contributed by atoms with Crippen molar-refractivity contribution in [3.05, 3.63) is 46.7 Å². The van der Waals surface area contributed by atoms with E-state index in [1.807, 2.05) is 11.8 Å². The van der Waals surface area contributed by atoms with Gasteiger partial charge in [-0.2, -0.15) is 18.3 Å². The van der Waals surface area contributed by atoms with Crippen molar-refractivity contribution >= 4 is 23.4 Å². The van der Waals surface area contributed by atoms with E-state index >= 15 is 0 Å². The quantitative estimate of drug-likeness (QED) is 0.649. The minimum atomic E-state index is -4.79. The summed E-state index contributed by atoms with van der Waals surface area (Å²) < 4.78 is 42.1. The zero-order valence-electron chi connectivity index (χ0n) is 17.6. The van der Waals surface area contributed by atoms with Gasteiger partial charge < -0.3 is 10.6 Å². The summed E-state index contributed by atoms with van der Waals surface area (Å²) in [4.78, 5) is 26.5. The van der Waals surface area contributed by atoms with E-state index in [0.29, 0.717) is 37.2 Å². The molecule has 1 aromatic carbocycles. The molecule has 2 aromatic rings. The number of halogens is 4. The van der Waals surface area contributed by atoms with E-state index < -0.39 is 23.3 Å². The Kier molecular flexibility index (Phi) is 7.78. The molecule has 0 bridgehead atoms. The first-order valence-corrected chi connectivity index (χ1v) is 10.8. The Hall–Kier alpha value is -2.59. The van der Waals surface area contributed by atoms with Gasteiger partial charge in [-0.05, 0) is 37.5 Å². The topological polar surface area (TPSA) is 79.3 Å². The lowest BCUT2D eigenvalue weighted by Gasteiger charge is -2.31. The second-order valence-corrected chi connectivity index (χ2v) is 8.11. The molecule has 0 atom stereocenters. The molecule has 1 saturated heterocycles. The van der Waals surface area contributed by atoms with Crippen LogP contribution in [0.2, 0.25) is 5.02 Å². The first kappa shape index (κ1) is 24.1. The molecule has 32 heavy (non-hydrogen) atoms. The molecular formula is C21H25ClF3N5O2. The van der Waals surface area contributed by atoms with Gasteiger partial charge in [-0.15, -0.1) is 0 Å². The highest BCUT2D eigenvalue weighted by atomic mass is 35.5. The predicted octanol–water partition coefficient (Wildman–Crippen LogP) is 3.26. The molecule has 0 unspecified atom stereocenters. The van der Waals surface area contributed by atoms with Crippen LogP contribution in [0, 0.1) is 0 Å². The van der Waals surface area contributed by atoms with E-state index in [1.54, 1.807) is 0 Å². The molecule has 3 rings (SSSR count). The van der Waals surface area contributed by atoms with Crippen LogP contribution in [-0.2, 0) is 11.0 Å². The highest BCUT2D eigenvalue weighted by Crippen LogP contribution is 2.34. The summed E-state index contributed by atoms with van der Waals surface area (Å²) >= 11 is 5.90. The van der Waals surface area contributed by atoms with Crippen LogP contribution in [0.25, 0.3) is 5.69 Å². The lowest BCUT2D eigenvalue weighted by molar-refractivity contribution is -0.143. The summed E-state index contributed by atoms with van der Waals surface area (Å²) in [5.74, 6) is -0.887. The molecule has 1 aliphatic heterocycles. The summed E-state index contributed by atoms with van der Waals surface area (Å²) in [7, 11) is 0. The number of nitrogens with one attached hydrogen (secondary N) is 2. The van der Waals surface area contributed by atoms with Crippen molar-refractivity contribution < 1.29 is 22.8 Å². The monoisotopic (exact) mass is 471 g/mol. The molecule has 2 N–H and O–H groups in total. The number of nitrogens with zero attached hydrogens (tertiary/aromatic N) is 3. The second kappa shape index (κ2) is 10.4. The zero-order valence-corrected chi connectivity index (χ0v) is 18.3. The number of hydrogen-bond donors (Lipinski definition) is 2. The molecule has 0 saturated carbocycles. The third kappa shape index (κ3) is 6.01. The lowest BCUT2D eigenvalue weighted by atomic mass is 10.0. The van der Waals surface area contributed by atoms with Crippen molar-refractivity contribution in [2.75, 3.05) is 26.2 Å². The summed E-state index contributed by atoms with van der Waals surface area (Å²) in [6, 6.07) is 5.54. The summed E-state index contributed by atoms with van der Waals surface area (Å²) in [6.07, 6.45) is -1.94. The SMILES string of the molecule is CCCNC(=O)CN1CCC(NC(=O)c2cnn(-c3cccc(Cl)c3)c2C(F)(F)F)CC1. The molecule has 174 valence electrons. The first-order valence-electron chi connectivity index (χ1n) is 10.4. The standard InChI is InChI=1S/C21H25ClF3N5O2/c1-2-8-26-18(31)13-29-9-6-15(7-10-29)28-20(32)17-12-27-30(19(17)21(23,24)25)16-5-3-4-14(22)11-16/h3-5,11-12,15H,2,6-10,13H2,1H3,(H,26,31)(H,28,32). The number of benzene rings is 1. The van der Waals surface area contributed by atoms with Crippen LogP contribution < -0.4 is 10.6 Å². The Bertz CT molecular complexity index is 955. The minimum absolute atomic E-state index is 0.0578. The highest BCUT2D eigenvalue weighted by Gasteiger charge is 2.41. The molecule has 1 fully saturated rings. The number of carbonyl (C=O) groups excluding carboxylic acids is 2. The van der Waals surface area contributed by atoms with Gasteiger partial charge in [0.25, 0.3) is 5.91 Å². The first-order chi connectivity index (χ1) is 15.2. The molecule has 1 aromatic heterocycles. The van der Waals surface area contributed by atoms with E-state index in [0.717, 1.165) is 12.6 Å². The van der Waals surface area contributed by atoms with Crippen LogP contribution in [0.15, 0.2) is 30.5 Å². The van der Waals surface area contributed by atoms with Gasteiger partial charge in [0.05, 0.1) is 24.0 Å². The van der Waals surface area contributed by atoms with Crippen molar-refractivity contribution in [3.8, 4) is 5.69 Å². The molecule has 2 heterocycles. The van der Waals surface area contributed by atoms with Gasteiger partial charge in [0, 0.05) is 30.7 Å². The van der Waals surface area contributed by atoms with Gasteiger partial charge in [-0.25, -0.2) is 4.68 Å². The maximum absolute atomic E-state index is 13.8. The molecular weight excluding hydrogens is 447 g/mol. The average molecular weight is 472 g/mol. The number of carbonyl (C=O) groups is 2. The van der Waals surface area contributed by atoms with Crippen LogP contribution >= 0.6 is 11.6 Å². The molecule has 2 amide bonds. The van der Waals surface area contributed by atoms with Gasteiger partial charge >= 0.3 is 6.18 Å². The van der Waals surface area contributed by atoms with E-state index in [4.69, 9.17) is 11.6 Å². The molecule has 1 aliphatic rings. The summed E-state index contributed by atoms with van der Waals surface area (Å²) in [5, 5.41) is 9.55.